The maximum absolute atomic E-state index is 12.5. The third-order valence-electron chi connectivity index (χ3n) is 3.41. The van der Waals surface area contributed by atoms with Gasteiger partial charge in [0.2, 0.25) is 0 Å². The van der Waals surface area contributed by atoms with E-state index in [1.807, 2.05) is 24.4 Å². The molecule has 0 fully saturated rings. The number of urea groups is 1. The summed E-state index contributed by atoms with van der Waals surface area (Å²) in [6.07, 6.45) is -1.09. The minimum atomic E-state index is -1.09. The Bertz CT molecular complexity index is 822. The molecule has 0 saturated heterocycles. The van der Waals surface area contributed by atoms with E-state index in [0.29, 0.717) is 17.9 Å². The monoisotopic (exact) mass is 407 g/mol. The van der Waals surface area contributed by atoms with E-state index in [4.69, 9.17) is 4.74 Å². The van der Waals surface area contributed by atoms with Crippen LogP contribution in [0.4, 0.5) is 4.79 Å². The molecular weight excluding hydrogens is 386 g/mol. The van der Waals surface area contributed by atoms with Gasteiger partial charge in [-0.15, -0.1) is 11.3 Å². The molecule has 9 heteroatoms. The van der Waals surface area contributed by atoms with Gasteiger partial charge in [0.1, 0.15) is 4.34 Å². The summed E-state index contributed by atoms with van der Waals surface area (Å²) in [6, 6.07) is 6.44. The topological polar surface area (TPSA) is 97.4 Å². The number of hydrogen-bond donors (Lipinski definition) is 2. The zero-order chi connectivity index (χ0) is 19.8. The Kier molecular flexibility index (Phi) is 7.81. The number of nitrogens with zero attached hydrogens (tertiary/aromatic N) is 1. The third-order valence-corrected chi connectivity index (χ3v) is 5.60. The van der Waals surface area contributed by atoms with Crippen LogP contribution < -0.4 is 10.6 Å². The fraction of sp³-hybridized carbons (Fsp3) is 0.333. The van der Waals surface area contributed by atoms with Crippen molar-refractivity contribution >= 4 is 41.0 Å². The lowest BCUT2D eigenvalue weighted by Gasteiger charge is -2.14. The van der Waals surface area contributed by atoms with Crippen molar-refractivity contribution in [3.8, 4) is 0 Å². The summed E-state index contributed by atoms with van der Waals surface area (Å²) in [6.45, 7) is 5.47. The van der Waals surface area contributed by atoms with Crippen LogP contribution in [-0.2, 0) is 15.3 Å². The molecule has 0 aliphatic carbocycles. The van der Waals surface area contributed by atoms with Crippen LogP contribution in [0.25, 0.3) is 0 Å². The normalized spacial score (nSPS) is 11.5. The van der Waals surface area contributed by atoms with Crippen molar-refractivity contribution in [2.75, 3.05) is 6.54 Å². The van der Waals surface area contributed by atoms with Gasteiger partial charge in [0.05, 0.1) is 5.56 Å². The Balaban J connectivity index is 1.99. The van der Waals surface area contributed by atoms with Gasteiger partial charge in [0, 0.05) is 23.4 Å². The van der Waals surface area contributed by atoms with Gasteiger partial charge in [-0.2, -0.15) is 0 Å². The molecule has 1 aromatic heterocycles. The number of thioether (sulfide) groups is 1. The van der Waals surface area contributed by atoms with Crippen LogP contribution in [0, 0.1) is 6.92 Å². The average Bonchev–Trinajstić information content (AvgIpc) is 3.05. The average molecular weight is 408 g/mol. The van der Waals surface area contributed by atoms with Crippen LogP contribution in [0.2, 0.25) is 0 Å². The molecule has 0 spiro atoms. The first-order chi connectivity index (χ1) is 12.9. The van der Waals surface area contributed by atoms with Crippen molar-refractivity contribution in [1.82, 2.24) is 15.6 Å². The molecule has 1 heterocycles. The predicted molar refractivity (Wildman–Crippen MR) is 105 cm³/mol. The molecule has 0 aliphatic rings. The molecule has 1 aromatic carbocycles. The minimum absolute atomic E-state index is 0.385. The Morgan fingerprint density at radius 2 is 2.04 bits per heavy atom. The van der Waals surface area contributed by atoms with E-state index in [2.05, 4.69) is 15.6 Å². The van der Waals surface area contributed by atoms with Crippen LogP contribution in [0.15, 0.2) is 34.0 Å². The lowest BCUT2D eigenvalue weighted by Crippen LogP contribution is -2.44. The van der Waals surface area contributed by atoms with E-state index in [9.17, 15) is 14.4 Å². The van der Waals surface area contributed by atoms with Crippen molar-refractivity contribution in [1.29, 1.82) is 0 Å². The number of nitrogens with one attached hydrogen (secondary N) is 2. The highest BCUT2D eigenvalue weighted by molar-refractivity contribution is 8.00. The molecule has 2 N–H and O–H groups in total. The van der Waals surface area contributed by atoms with Gasteiger partial charge in [-0.05, 0) is 32.4 Å². The molecule has 0 saturated carbocycles. The molecule has 2 aromatic rings. The standard InChI is InChI=1S/C18H21N3O4S2/c1-4-19-17(24)21-15(22)12(3)25-16(23)14-8-6-5-7-13(14)10-27-18-20-11(2)9-26-18/h5-9,12H,4,10H2,1-3H3,(H2,19,21,22,24)/t12-/m0/s1. The van der Waals surface area contributed by atoms with Crippen molar-refractivity contribution in [2.45, 2.75) is 37.0 Å². The summed E-state index contributed by atoms with van der Waals surface area (Å²) in [5.41, 5.74) is 2.13. The maximum atomic E-state index is 12.5. The number of aryl methyl sites for hydroxylation is 1. The number of imide groups is 1. The second-order valence-corrected chi connectivity index (χ2v) is 7.68. The summed E-state index contributed by atoms with van der Waals surface area (Å²) >= 11 is 3.08. The van der Waals surface area contributed by atoms with Crippen LogP contribution in [0.1, 0.15) is 35.5 Å². The van der Waals surface area contributed by atoms with Crippen LogP contribution in [0.3, 0.4) is 0 Å². The van der Waals surface area contributed by atoms with Gasteiger partial charge >= 0.3 is 12.0 Å². The zero-order valence-corrected chi connectivity index (χ0v) is 16.9. The summed E-state index contributed by atoms with van der Waals surface area (Å²) in [4.78, 5) is 40.2. The Labute approximate surface area is 165 Å². The molecule has 0 radical (unpaired) electrons. The van der Waals surface area contributed by atoms with Crippen molar-refractivity contribution in [3.63, 3.8) is 0 Å². The van der Waals surface area contributed by atoms with Gasteiger partial charge < -0.3 is 10.1 Å². The van der Waals surface area contributed by atoms with E-state index in [1.165, 1.54) is 18.7 Å². The van der Waals surface area contributed by atoms with Gasteiger partial charge in [-0.3, -0.25) is 10.1 Å². The molecule has 7 nitrogen and oxygen atoms in total. The number of rotatable bonds is 7. The molecule has 0 unspecified atom stereocenters. The van der Waals surface area contributed by atoms with Gasteiger partial charge in [-0.1, -0.05) is 30.0 Å². The fourth-order valence-corrected chi connectivity index (χ4v) is 3.93. The lowest BCUT2D eigenvalue weighted by molar-refractivity contribution is -0.127. The smallest absolute Gasteiger partial charge is 0.339 e. The Morgan fingerprint density at radius 3 is 2.70 bits per heavy atom. The Morgan fingerprint density at radius 1 is 1.30 bits per heavy atom. The Hall–Kier alpha value is -2.39. The van der Waals surface area contributed by atoms with Crippen molar-refractivity contribution in [3.05, 3.63) is 46.5 Å². The molecular formula is C18H21N3O4S2. The number of carbonyl (C=O) groups excluding carboxylic acids is 3. The predicted octanol–water partition coefficient (Wildman–Crippen LogP) is 3.13. The SMILES string of the molecule is CCNC(=O)NC(=O)[C@H](C)OC(=O)c1ccccc1CSc1nc(C)cs1. The van der Waals surface area contributed by atoms with E-state index in [-0.39, 0.29) is 0 Å². The van der Waals surface area contributed by atoms with Crippen LogP contribution >= 0.6 is 23.1 Å². The molecule has 0 bridgehead atoms. The summed E-state index contributed by atoms with van der Waals surface area (Å²) in [5.74, 6) is -0.739. The highest BCUT2D eigenvalue weighted by Gasteiger charge is 2.22. The van der Waals surface area contributed by atoms with Crippen molar-refractivity contribution < 1.29 is 19.1 Å². The summed E-state index contributed by atoms with van der Waals surface area (Å²) in [5, 5.41) is 6.53. The largest absolute Gasteiger partial charge is 0.449 e. The molecule has 27 heavy (non-hydrogen) atoms. The second kappa shape index (κ2) is 10.1. The van der Waals surface area contributed by atoms with Crippen LogP contribution in [0.5, 0.6) is 0 Å². The highest BCUT2D eigenvalue weighted by Crippen LogP contribution is 2.27. The van der Waals surface area contributed by atoms with Crippen LogP contribution in [-0.4, -0.2) is 35.5 Å². The quantitative estimate of drug-likeness (QED) is 0.541. The summed E-state index contributed by atoms with van der Waals surface area (Å²) in [7, 11) is 0. The number of aromatic nitrogens is 1. The number of hydrogen-bond acceptors (Lipinski definition) is 7. The second-order valence-electron chi connectivity index (χ2n) is 5.60. The molecule has 0 aliphatic heterocycles. The third kappa shape index (κ3) is 6.37. The summed E-state index contributed by atoms with van der Waals surface area (Å²) < 4.78 is 6.14. The number of amides is 3. The maximum Gasteiger partial charge on any atom is 0.339 e. The van der Waals surface area contributed by atoms with E-state index in [1.54, 1.807) is 30.4 Å². The molecule has 2 rings (SSSR count). The fourth-order valence-electron chi connectivity index (χ4n) is 2.08. The number of esters is 1. The zero-order valence-electron chi connectivity index (χ0n) is 15.3. The molecule has 3 amide bonds. The van der Waals surface area contributed by atoms with E-state index in [0.717, 1.165) is 15.6 Å². The number of thiazole rings is 1. The first-order valence-electron chi connectivity index (χ1n) is 8.33. The first-order valence-corrected chi connectivity index (χ1v) is 10.2. The highest BCUT2D eigenvalue weighted by atomic mass is 32.2. The van der Waals surface area contributed by atoms with Gasteiger partial charge in [-0.25, -0.2) is 14.6 Å². The molecule has 144 valence electrons. The number of ether oxygens (including phenoxy) is 1. The van der Waals surface area contributed by atoms with E-state index < -0.39 is 24.0 Å². The van der Waals surface area contributed by atoms with Gasteiger partial charge in [0.25, 0.3) is 5.91 Å². The van der Waals surface area contributed by atoms with Crippen molar-refractivity contribution in [2.24, 2.45) is 0 Å². The number of carbonyl (C=O) groups is 3. The lowest BCUT2D eigenvalue weighted by atomic mass is 10.1. The van der Waals surface area contributed by atoms with Gasteiger partial charge in [0.15, 0.2) is 6.10 Å². The first kappa shape index (κ1) is 20.9. The molecule has 1 atom stereocenters. The minimum Gasteiger partial charge on any atom is -0.449 e. The number of benzene rings is 1. The van der Waals surface area contributed by atoms with E-state index >= 15 is 0 Å².